The molecule has 0 spiro atoms. The van der Waals surface area contributed by atoms with E-state index in [9.17, 15) is 4.79 Å². The van der Waals surface area contributed by atoms with E-state index in [1.165, 1.54) is 11.8 Å². The summed E-state index contributed by atoms with van der Waals surface area (Å²) in [5.74, 6) is 0.925. The van der Waals surface area contributed by atoms with Gasteiger partial charge in [0.05, 0.1) is 19.4 Å². The highest BCUT2D eigenvalue weighted by molar-refractivity contribution is 7.99. The molecule has 3 aromatic rings. The van der Waals surface area contributed by atoms with Crippen molar-refractivity contribution in [3.8, 4) is 11.5 Å². The van der Waals surface area contributed by atoms with Crippen molar-refractivity contribution in [2.75, 3.05) is 19.0 Å². The van der Waals surface area contributed by atoms with Crippen LogP contribution in [0.4, 0.5) is 5.69 Å². The van der Waals surface area contributed by atoms with Crippen LogP contribution in [0.25, 0.3) is 0 Å². The first-order chi connectivity index (χ1) is 13.1. The zero-order valence-corrected chi connectivity index (χ0v) is 16.2. The summed E-state index contributed by atoms with van der Waals surface area (Å²) in [7, 11) is 3.51. The van der Waals surface area contributed by atoms with E-state index >= 15 is 0 Å². The number of carbonyl (C=O) groups excluding carboxylic acids is 1. The number of methoxy groups -OCH3 is 1. The second-order valence-corrected chi connectivity index (χ2v) is 6.68. The summed E-state index contributed by atoms with van der Waals surface area (Å²) in [6.07, 6.45) is 3.63. The maximum absolute atomic E-state index is 12.8. The Kier molecular flexibility index (Phi) is 6.03. The minimum absolute atomic E-state index is 0.216. The Morgan fingerprint density at radius 2 is 2.04 bits per heavy atom. The van der Waals surface area contributed by atoms with E-state index < -0.39 is 0 Å². The standard InChI is InChI=1S/C20H21N3O3S/c1-4-26-17-13-14(9-10-16(17)25-3)19(24)22-15-7-5-6-8-18(15)27-20-21-11-12-23(20)2/h5-13H,4H2,1-3H3,(H,22,24). The van der Waals surface area contributed by atoms with Crippen molar-refractivity contribution in [3.63, 3.8) is 0 Å². The number of hydrogen-bond donors (Lipinski definition) is 1. The average Bonchev–Trinajstić information content (AvgIpc) is 3.08. The van der Waals surface area contributed by atoms with Gasteiger partial charge in [-0.25, -0.2) is 4.98 Å². The molecule has 0 saturated carbocycles. The molecule has 1 aromatic heterocycles. The van der Waals surface area contributed by atoms with Gasteiger partial charge in [0, 0.05) is 29.9 Å². The largest absolute Gasteiger partial charge is 0.493 e. The number of imidazole rings is 1. The number of nitrogens with one attached hydrogen (secondary N) is 1. The lowest BCUT2D eigenvalue weighted by Gasteiger charge is -2.13. The maximum Gasteiger partial charge on any atom is 0.255 e. The van der Waals surface area contributed by atoms with Crippen LogP contribution in [0.1, 0.15) is 17.3 Å². The summed E-state index contributed by atoms with van der Waals surface area (Å²) in [4.78, 5) is 18.0. The molecule has 1 amide bonds. The van der Waals surface area contributed by atoms with Crippen LogP contribution in [0, 0.1) is 0 Å². The summed E-state index contributed by atoms with van der Waals surface area (Å²) >= 11 is 1.49. The Morgan fingerprint density at radius 3 is 2.74 bits per heavy atom. The Balaban J connectivity index is 1.82. The molecular weight excluding hydrogens is 362 g/mol. The Labute approximate surface area is 162 Å². The Morgan fingerprint density at radius 1 is 1.22 bits per heavy atom. The van der Waals surface area contributed by atoms with Gasteiger partial charge < -0.3 is 19.4 Å². The van der Waals surface area contributed by atoms with Crippen LogP contribution in [0.15, 0.2) is 64.9 Å². The molecule has 0 saturated heterocycles. The van der Waals surface area contributed by atoms with E-state index in [4.69, 9.17) is 9.47 Å². The first kappa shape index (κ1) is 18.8. The highest BCUT2D eigenvalue weighted by Crippen LogP contribution is 2.33. The number of benzene rings is 2. The maximum atomic E-state index is 12.8. The third-order valence-electron chi connectivity index (χ3n) is 3.84. The van der Waals surface area contributed by atoms with Gasteiger partial charge in [-0.2, -0.15) is 0 Å². The first-order valence-corrected chi connectivity index (χ1v) is 9.30. The molecule has 0 aliphatic rings. The van der Waals surface area contributed by atoms with Crippen molar-refractivity contribution in [3.05, 3.63) is 60.4 Å². The molecule has 27 heavy (non-hydrogen) atoms. The highest BCUT2D eigenvalue weighted by atomic mass is 32.2. The molecule has 0 radical (unpaired) electrons. The van der Waals surface area contributed by atoms with Crippen LogP contribution in [0.2, 0.25) is 0 Å². The summed E-state index contributed by atoms with van der Waals surface area (Å²) in [5.41, 5.74) is 1.22. The predicted octanol–water partition coefficient (Wildman–Crippen LogP) is 4.23. The van der Waals surface area contributed by atoms with Crippen molar-refractivity contribution in [2.24, 2.45) is 7.05 Å². The van der Waals surface area contributed by atoms with Gasteiger partial charge in [0.15, 0.2) is 16.7 Å². The zero-order chi connectivity index (χ0) is 19.2. The van der Waals surface area contributed by atoms with Gasteiger partial charge >= 0.3 is 0 Å². The monoisotopic (exact) mass is 383 g/mol. The number of hydrogen-bond acceptors (Lipinski definition) is 5. The second kappa shape index (κ2) is 8.64. The fourth-order valence-electron chi connectivity index (χ4n) is 2.49. The fourth-order valence-corrected chi connectivity index (χ4v) is 3.38. The fraction of sp³-hybridized carbons (Fsp3) is 0.200. The molecule has 2 aromatic carbocycles. The van der Waals surface area contributed by atoms with Crippen molar-refractivity contribution < 1.29 is 14.3 Å². The summed E-state index contributed by atoms with van der Waals surface area (Å²) < 4.78 is 12.8. The first-order valence-electron chi connectivity index (χ1n) is 8.48. The van der Waals surface area contributed by atoms with Crippen LogP contribution >= 0.6 is 11.8 Å². The van der Waals surface area contributed by atoms with Gasteiger partial charge in [0.25, 0.3) is 5.91 Å². The quantitative estimate of drug-likeness (QED) is 0.661. The van der Waals surface area contributed by atoms with Gasteiger partial charge in [-0.15, -0.1) is 0 Å². The molecule has 140 valence electrons. The normalized spacial score (nSPS) is 10.5. The minimum atomic E-state index is -0.216. The van der Waals surface area contributed by atoms with E-state index in [0.29, 0.717) is 23.7 Å². The number of amides is 1. The third kappa shape index (κ3) is 4.43. The van der Waals surface area contributed by atoms with Gasteiger partial charge in [0.1, 0.15) is 0 Å². The number of aromatic nitrogens is 2. The van der Waals surface area contributed by atoms with E-state index in [-0.39, 0.29) is 5.91 Å². The van der Waals surface area contributed by atoms with Gasteiger partial charge in [0.2, 0.25) is 0 Å². The molecule has 3 rings (SSSR count). The summed E-state index contributed by atoms with van der Waals surface area (Å²) in [5, 5.41) is 3.82. The molecule has 0 atom stereocenters. The second-order valence-electron chi connectivity index (χ2n) is 5.67. The van der Waals surface area contributed by atoms with Crippen molar-refractivity contribution in [1.82, 2.24) is 9.55 Å². The number of carbonyl (C=O) groups is 1. The number of aryl methyl sites for hydroxylation is 1. The van der Waals surface area contributed by atoms with Crippen LogP contribution in [-0.4, -0.2) is 29.2 Å². The van der Waals surface area contributed by atoms with Crippen molar-refractivity contribution in [1.29, 1.82) is 0 Å². The van der Waals surface area contributed by atoms with Crippen LogP contribution < -0.4 is 14.8 Å². The Bertz CT molecular complexity index is 940. The highest BCUT2D eigenvalue weighted by Gasteiger charge is 2.14. The van der Waals surface area contributed by atoms with Crippen LogP contribution in [0.3, 0.4) is 0 Å². The van der Waals surface area contributed by atoms with Crippen LogP contribution in [-0.2, 0) is 7.05 Å². The summed E-state index contributed by atoms with van der Waals surface area (Å²) in [6.45, 7) is 2.38. The molecular formula is C20H21N3O3S. The molecule has 0 aliphatic heterocycles. The van der Waals surface area contributed by atoms with Gasteiger partial charge in [-0.1, -0.05) is 12.1 Å². The lowest BCUT2D eigenvalue weighted by Crippen LogP contribution is -2.13. The van der Waals surface area contributed by atoms with Crippen molar-refractivity contribution >= 4 is 23.4 Å². The predicted molar refractivity (Wildman–Crippen MR) is 106 cm³/mol. The zero-order valence-electron chi connectivity index (χ0n) is 15.4. The smallest absolute Gasteiger partial charge is 0.255 e. The molecule has 0 fully saturated rings. The number of anilines is 1. The lowest BCUT2D eigenvalue weighted by molar-refractivity contribution is 0.102. The van der Waals surface area contributed by atoms with Gasteiger partial charge in [-0.3, -0.25) is 4.79 Å². The minimum Gasteiger partial charge on any atom is -0.493 e. The average molecular weight is 383 g/mol. The topological polar surface area (TPSA) is 65.4 Å². The molecule has 1 N–H and O–H groups in total. The SMILES string of the molecule is CCOc1cc(C(=O)Nc2ccccc2Sc2nccn2C)ccc1OC. The van der Waals surface area contributed by atoms with E-state index in [1.807, 2.05) is 49.0 Å². The number of rotatable bonds is 7. The molecule has 0 unspecified atom stereocenters. The number of ether oxygens (including phenoxy) is 2. The van der Waals surface area contributed by atoms with Crippen molar-refractivity contribution in [2.45, 2.75) is 17.0 Å². The number of nitrogens with zero attached hydrogens (tertiary/aromatic N) is 2. The van der Waals surface area contributed by atoms with E-state index in [2.05, 4.69) is 10.3 Å². The molecule has 1 heterocycles. The third-order valence-corrected chi connectivity index (χ3v) is 4.99. The number of para-hydroxylation sites is 1. The molecule has 0 bridgehead atoms. The van der Waals surface area contributed by atoms with E-state index in [1.54, 1.807) is 31.5 Å². The summed E-state index contributed by atoms with van der Waals surface area (Å²) in [6, 6.07) is 12.8. The molecule has 6 nitrogen and oxygen atoms in total. The molecule has 7 heteroatoms. The molecule has 0 aliphatic carbocycles. The van der Waals surface area contributed by atoms with Gasteiger partial charge in [-0.05, 0) is 49.0 Å². The van der Waals surface area contributed by atoms with Crippen LogP contribution in [0.5, 0.6) is 11.5 Å². The van der Waals surface area contributed by atoms with E-state index in [0.717, 1.165) is 15.7 Å². The Hall–Kier alpha value is -2.93. The lowest BCUT2D eigenvalue weighted by atomic mass is 10.2.